The molecule has 6 nitrogen and oxygen atoms in total. The molecule has 1 aromatic heterocycles. The largest absolute Gasteiger partial charge is 0.497 e. The third-order valence-electron chi connectivity index (χ3n) is 6.36. The van der Waals surface area contributed by atoms with Gasteiger partial charge in [0.1, 0.15) is 23.2 Å². The molecule has 32 heavy (non-hydrogen) atoms. The van der Waals surface area contributed by atoms with Crippen LogP contribution in [0.2, 0.25) is 0 Å². The molecule has 3 aromatic rings. The number of halogens is 2. The molecule has 3 heterocycles. The van der Waals surface area contributed by atoms with Crippen LogP contribution in [0.3, 0.4) is 0 Å². The number of methoxy groups -OCH3 is 1. The number of carbonyl (C=O) groups excluding carboxylic acids is 1. The topological polar surface area (TPSA) is 59.4 Å². The summed E-state index contributed by atoms with van der Waals surface area (Å²) < 4.78 is 34.4. The highest BCUT2D eigenvalue weighted by molar-refractivity contribution is 6.10. The van der Waals surface area contributed by atoms with E-state index >= 15 is 0 Å². The van der Waals surface area contributed by atoms with Crippen LogP contribution in [0.5, 0.6) is 5.75 Å². The zero-order chi connectivity index (χ0) is 22.4. The molecule has 0 saturated heterocycles. The number of rotatable bonds is 4. The number of aromatic nitrogens is 2. The maximum atomic E-state index is 14.0. The van der Waals surface area contributed by atoms with E-state index < -0.39 is 12.5 Å². The van der Waals surface area contributed by atoms with Gasteiger partial charge in [-0.25, -0.2) is 13.5 Å². The highest BCUT2D eigenvalue weighted by Gasteiger charge is 2.39. The van der Waals surface area contributed by atoms with Crippen molar-refractivity contribution in [2.45, 2.75) is 44.3 Å². The lowest BCUT2D eigenvalue weighted by Crippen LogP contribution is -2.37. The first kappa shape index (κ1) is 20.5. The molecular weight excluding hydrogens is 414 g/mol. The number of carbonyl (C=O) groups is 1. The predicted molar refractivity (Wildman–Crippen MR) is 118 cm³/mol. The van der Waals surface area contributed by atoms with Gasteiger partial charge in [-0.3, -0.25) is 4.79 Å². The van der Waals surface area contributed by atoms with Gasteiger partial charge >= 0.3 is 0 Å². The lowest BCUT2D eigenvalue weighted by molar-refractivity contribution is 0.0657. The van der Waals surface area contributed by atoms with Gasteiger partial charge < -0.3 is 15.0 Å². The molecule has 0 fully saturated rings. The first-order valence-electron chi connectivity index (χ1n) is 10.7. The van der Waals surface area contributed by atoms with E-state index in [9.17, 15) is 13.6 Å². The number of benzene rings is 2. The molecule has 2 aliphatic rings. The van der Waals surface area contributed by atoms with Gasteiger partial charge in [-0.05, 0) is 49.1 Å². The number of anilines is 2. The van der Waals surface area contributed by atoms with Crippen LogP contribution in [0.25, 0.3) is 0 Å². The van der Waals surface area contributed by atoms with Gasteiger partial charge in [0, 0.05) is 11.7 Å². The fraction of sp³-hybridized carbons (Fsp3) is 0.333. The van der Waals surface area contributed by atoms with Crippen molar-refractivity contribution in [1.29, 1.82) is 0 Å². The number of alkyl halides is 2. The van der Waals surface area contributed by atoms with Gasteiger partial charge in [0.2, 0.25) is 0 Å². The molecule has 2 aromatic carbocycles. The molecule has 2 aliphatic heterocycles. The van der Waals surface area contributed by atoms with E-state index in [1.165, 1.54) is 10.9 Å². The second-order valence-corrected chi connectivity index (χ2v) is 8.32. The maximum absolute atomic E-state index is 14.0. The maximum Gasteiger partial charge on any atom is 0.263 e. The number of amides is 1. The second kappa shape index (κ2) is 7.93. The Labute approximate surface area is 184 Å². The first-order valence-corrected chi connectivity index (χ1v) is 10.7. The van der Waals surface area contributed by atoms with Crippen molar-refractivity contribution in [3.05, 3.63) is 71.4 Å². The molecule has 166 valence electrons. The molecule has 0 unspecified atom stereocenters. The van der Waals surface area contributed by atoms with Crippen molar-refractivity contribution < 1.29 is 18.3 Å². The Hall–Kier alpha value is -3.42. The van der Waals surface area contributed by atoms with Crippen LogP contribution in [0.15, 0.2) is 54.7 Å². The lowest BCUT2D eigenvalue weighted by Gasteiger charge is -2.33. The summed E-state index contributed by atoms with van der Waals surface area (Å²) in [4.78, 5) is 15.3. The van der Waals surface area contributed by atoms with Crippen LogP contribution in [0, 0.1) is 0 Å². The van der Waals surface area contributed by atoms with Crippen LogP contribution in [0.1, 0.15) is 46.9 Å². The third kappa shape index (κ3) is 3.30. The van der Waals surface area contributed by atoms with Gasteiger partial charge in [0.15, 0.2) is 0 Å². The van der Waals surface area contributed by atoms with E-state index in [4.69, 9.17) is 4.74 Å². The minimum Gasteiger partial charge on any atom is -0.497 e. The molecule has 3 atom stereocenters. The van der Waals surface area contributed by atoms with E-state index in [2.05, 4.69) is 10.4 Å². The summed E-state index contributed by atoms with van der Waals surface area (Å²) in [6, 6.07) is 13.6. The molecule has 1 N–H and O–H groups in total. The summed E-state index contributed by atoms with van der Waals surface area (Å²) in [6.45, 7) is 1.99. The summed E-state index contributed by atoms with van der Waals surface area (Å²) in [6.07, 6.45) is -0.280. The normalized spacial score (nSPS) is 21.8. The fourth-order valence-electron chi connectivity index (χ4n) is 4.75. The molecule has 0 spiro atoms. The van der Waals surface area contributed by atoms with Crippen molar-refractivity contribution in [2.75, 3.05) is 17.3 Å². The fourth-order valence-corrected chi connectivity index (χ4v) is 4.75. The van der Waals surface area contributed by atoms with Crippen molar-refractivity contribution in [3.63, 3.8) is 0 Å². The SMILES string of the molecule is COc1ccc([C@@H]2C[C@@H](C(F)F)n3ncc(C(=O)N4c5ccccc5C[C@@H]4C)c3N2)cc1. The molecule has 5 rings (SSSR count). The molecule has 0 aliphatic carbocycles. The van der Waals surface area contributed by atoms with Crippen LogP contribution >= 0.6 is 0 Å². The van der Waals surface area contributed by atoms with Gasteiger partial charge in [-0.2, -0.15) is 5.10 Å². The van der Waals surface area contributed by atoms with E-state index in [0.29, 0.717) is 17.1 Å². The van der Waals surface area contributed by atoms with Crippen molar-refractivity contribution >= 4 is 17.4 Å². The summed E-state index contributed by atoms with van der Waals surface area (Å²) >= 11 is 0. The van der Waals surface area contributed by atoms with E-state index in [1.807, 2.05) is 43.3 Å². The third-order valence-corrected chi connectivity index (χ3v) is 6.36. The average molecular weight is 438 g/mol. The molecular formula is C24H24F2N4O2. The number of para-hydroxylation sites is 1. The summed E-state index contributed by atoms with van der Waals surface area (Å²) in [7, 11) is 1.58. The van der Waals surface area contributed by atoms with Gasteiger partial charge in [0.05, 0.1) is 19.3 Å². The Kier molecular flexibility index (Phi) is 5.07. The Morgan fingerprint density at radius 1 is 1.19 bits per heavy atom. The Bertz CT molecular complexity index is 1150. The van der Waals surface area contributed by atoms with Crippen LogP contribution < -0.4 is 15.0 Å². The minimum absolute atomic E-state index is 0.0256. The average Bonchev–Trinajstić information content (AvgIpc) is 3.38. The van der Waals surface area contributed by atoms with Crippen molar-refractivity contribution in [1.82, 2.24) is 9.78 Å². The number of ether oxygens (including phenoxy) is 1. The Morgan fingerprint density at radius 3 is 2.66 bits per heavy atom. The highest BCUT2D eigenvalue weighted by atomic mass is 19.3. The van der Waals surface area contributed by atoms with E-state index in [1.54, 1.807) is 24.1 Å². The number of fused-ring (bicyclic) bond motifs is 2. The molecule has 1 amide bonds. The zero-order valence-electron chi connectivity index (χ0n) is 17.8. The van der Waals surface area contributed by atoms with E-state index in [-0.39, 0.29) is 24.4 Å². The van der Waals surface area contributed by atoms with Crippen molar-refractivity contribution in [3.8, 4) is 5.75 Å². The lowest BCUT2D eigenvalue weighted by atomic mass is 9.97. The van der Waals surface area contributed by atoms with Crippen LogP contribution in [-0.4, -0.2) is 35.3 Å². The quantitative estimate of drug-likeness (QED) is 0.633. The number of hydrogen-bond acceptors (Lipinski definition) is 4. The smallest absolute Gasteiger partial charge is 0.263 e. The minimum atomic E-state index is -2.61. The van der Waals surface area contributed by atoms with Gasteiger partial charge in [-0.15, -0.1) is 0 Å². The summed E-state index contributed by atoms with van der Waals surface area (Å²) in [5.41, 5.74) is 3.11. The van der Waals surface area contributed by atoms with E-state index in [0.717, 1.165) is 23.2 Å². The summed E-state index contributed by atoms with van der Waals surface area (Å²) in [5, 5.41) is 7.50. The standard InChI is InChI=1S/C24H24F2N4O2/c1-14-11-16-5-3-4-6-20(16)29(14)24(31)18-13-27-30-21(22(25)26)12-19(28-23(18)30)15-7-9-17(32-2)10-8-15/h3-10,13-14,19,21-22,28H,11-12H2,1-2H3/t14-,19-,21-/m0/s1. The Morgan fingerprint density at radius 2 is 1.94 bits per heavy atom. The van der Waals surface area contributed by atoms with Gasteiger partial charge in [-0.1, -0.05) is 30.3 Å². The molecule has 0 saturated carbocycles. The van der Waals surface area contributed by atoms with Crippen LogP contribution in [0.4, 0.5) is 20.3 Å². The molecule has 8 heteroatoms. The predicted octanol–water partition coefficient (Wildman–Crippen LogP) is 4.85. The number of nitrogens with zero attached hydrogens (tertiary/aromatic N) is 3. The highest BCUT2D eigenvalue weighted by Crippen LogP contribution is 2.41. The summed E-state index contributed by atoms with van der Waals surface area (Å²) in [5.74, 6) is 0.793. The number of nitrogens with one attached hydrogen (secondary N) is 1. The first-order chi connectivity index (χ1) is 15.5. The molecule has 0 bridgehead atoms. The van der Waals surface area contributed by atoms with Crippen molar-refractivity contribution in [2.24, 2.45) is 0 Å². The second-order valence-electron chi connectivity index (χ2n) is 8.32. The molecule has 0 radical (unpaired) electrons. The zero-order valence-corrected chi connectivity index (χ0v) is 17.8. The Balaban J connectivity index is 1.52. The number of hydrogen-bond donors (Lipinski definition) is 1. The van der Waals surface area contributed by atoms with Crippen LogP contribution in [-0.2, 0) is 6.42 Å². The van der Waals surface area contributed by atoms with Gasteiger partial charge in [0.25, 0.3) is 12.3 Å². The monoisotopic (exact) mass is 438 g/mol.